The van der Waals surface area contributed by atoms with E-state index in [2.05, 4.69) is 10.6 Å². The number of furan rings is 1. The maximum Gasteiger partial charge on any atom is 0.406 e. The lowest BCUT2D eigenvalue weighted by Crippen LogP contribution is -2.36. The highest BCUT2D eigenvalue weighted by atomic mass is 19.4. The topological polar surface area (TPSA) is 91.6 Å². The van der Waals surface area contributed by atoms with Gasteiger partial charge in [-0.05, 0) is 24.3 Å². The number of benzene rings is 1. The first kappa shape index (κ1) is 20.4. The summed E-state index contributed by atoms with van der Waals surface area (Å²) in [6, 6.07) is 9.60. The van der Waals surface area contributed by atoms with Crippen LogP contribution in [0.25, 0.3) is 0 Å². The first-order chi connectivity index (χ1) is 13.7. The summed E-state index contributed by atoms with van der Waals surface area (Å²) >= 11 is 0. The van der Waals surface area contributed by atoms with Gasteiger partial charge in [0.05, 0.1) is 30.0 Å². The molecule has 1 atom stereocenters. The van der Waals surface area contributed by atoms with Crippen LogP contribution in [0.4, 0.5) is 18.9 Å². The van der Waals surface area contributed by atoms with Gasteiger partial charge in [-0.2, -0.15) is 13.2 Å². The molecule has 1 saturated heterocycles. The second-order valence-electron chi connectivity index (χ2n) is 6.59. The van der Waals surface area contributed by atoms with E-state index >= 15 is 0 Å². The summed E-state index contributed by atoms with van der Waals surface area (Å²) in [6.45, 7) is -1.56. The van der Waals surface area contributed by atoms with Gasteiger partial charge in [0, 0.05) is 13.0 Å². The minimum Gasteiger partial charge on any atom is -0.467 e. The Hall–Kier alpha value is -3.30. The van der Waals surface area contributed by atoms with Gasteiger partial charge < -0.3 is 20.0 Å². The summed E-state index contributed by atoms with van der Waals surface area (Å²) in [5, 5.41) is 5.20. The molecule has 2 aromatic rings. The average Bonchev–Trinajstić information content (AvgIpc) is 3.29. The van der Waals surface area contributed by atoms with Crippen molar-refractivity contribution < 1.29 is 32.0 Å². The second-order valence-corrected chi connectivity index (χ2v) is 6.59. The molecule has 1 aliphatic rings. The van der Waals surface area contributed by atoms with Gasteiger partial charge in [-0.1, -0.05) is 12.1 Å². The number of nitrogens with one attached hydrogen (secondary N) is 2. The lowest BCUT2D eigenvalue weighted by atomic mass is 10.1. The molecule has 154 valence electrons. The van der Waals surface area contributed by atoms with Crippen LogP contribution < -0.4 is 10.6 Å². The van der Waals surface area contributed by atoms with E-state index in [-0.39, 0.29) is 30.8 Å². The van der Waals surface area contributed by atoms with Crippen LogP contribution >= 0.6 is 0 Å². The van der Waals surface area contributed by atoms with E-state index < -0.39 is 36.4 Å². The van der Waals surface area contributed by atoms with E-state index in [1.807, 2.05) is 0 Å². The Kier molecular flexibility index (Phi) is 5.90. The molecule has 0 saturated carbocycles. The molecule has 0 aliphatic carbocycles. The summed E-state index contributed by atoms with van der Waals surface area (Å²) in [6.07, 6.45) is -3.37. The summed E-state index contributed by atoms with van der Waals surface area (Å²) < 4.78 is 42.7. The van der Waals surface area contributed by atoms with Crippen molar-refractivity contribution in [1.29, 1.82) is 0 Å². The summed E-state index contributed by atoms with van der Waals surface area (Å²) in [5.74, 6) is -2.18. The molecule has 1 unspecified atom stereocenters. The minimum atomic E-state index is -4.53. The number of anilines is 1. The Labute approximate surface area is 163 Å². The molecule has 10 heteroatoms. The fourth-order valence-electron chi connectivity index (χ4n) is 3.02. The normalized spacial score (nSPS) is 16.7. The molecule has 1 aliphatic heterocycles. The smallest absolute Gasteiger partial charge is 0.406 e. The number of carbonyl (C=O) groups is 3. The molecule has 3 amide bonds. The molecule has 1 fully saturated rings. The SMILES string of the molecule is O=C(NCc1ccco1)c1ccccc1NC(=O)C1CC(=O)N(CC(F)(F)F)C1. The summed E-state index contributed by atoms with van der Waals surface area (Å²) in [4.78, 5) is 37.3. The average molecular weight is 409 g/mol. The minimum absolute atomic E-state index is 0.150. The molecule has 1 aromatic carbocycles. The van der Waals surface area contributed by atoms with Gasteiger partial charge >= 0.3 is 6.18 Å². The monoisotopic (exact) mass is 409 g/mol. The number of amides is 3. The number of carbonyl (C=O) groups excluding carboxylic acids is 3. The second kappa shape index (κ2) is 8.38. The van der Waals surface area contributed by atoms with Gasteiger partial charge in [-0.25, -0.2) is 0 Å². The Bertz CT molecular complexity index is 896. The first-order valence-electron chi connectivity index (χ1n) is 8.78. The zero-order valence-corrected chi connectivity index (χ0v) is 15.2. The lowest BCUT2D eigenvalue weighted by molar-refractivity contribution is -0.157. The Morgan fingerprint density at radius 3 is 2.62 bits per heavy atom. The van der Waals surface area contributed by atoms with Gasteiger partial charge in [0.2, 0.25) is 11.8 Å². The number of hydrogen-bond acceptors (Lipinski definition) is 4. The molecule has 7 nitrogen and oxygen atoms in total. The molecular weight excluding hydrogens is 391 g/mol. The van der Waals surface area contributed by atoms with Crippen LogP contribution in [0.1, 0.15) is 22.5 Å². The van der Waals surface area contributed by atoms with Crippen LogP contribution in [0.3, 0.4) is 0 Å². The van der Waals surface area contributed by atoms with Crippen molar-refractivity contribution in [3.63, 3.8) is 0 Å². The van der Waals surface area contributed by atoms with Gasteiger partial charge in [0.25, 0.3) is 5.91 Å². The number of alkyl halides is 3. The quantitative estimate of drug-likeness (QED) is 0.767. The molecule has 2 N–H and O–H groups in total. The maximum absolute atomic E-state index is 12.5. The van der Waals surface area contributed by atoms with E-state index in [0.29, 0.717) is 10.7 Å². The maximum atomic E-state index is 12.5. The van der Waals surface area contributed by atoms with Crippen LogP contribution in [-0.4, -0.2) is 41.9 Å². The van der Waals surface area contributed by atoms with Crippen LogP contribution in [0.5, 0.6) is 0 Å². The molecule has 1 aromatic heterocycles. The Morgan fingerprint density at radius 2 is 1.93 bits per heavy atom. The van der Waals surface area contributed by atoms with E-state index in [0.717, 1.165) is 0 Å². The van der Waals surface area contributed by atoms with Crippen molar-refractivity contribution in [1.82, 2.24) is 10.2 Å². The standard InChI is InChI=1S/C19H18F3N3O4/c20-19(21,22)11-25-10-12(8-16(25)26)17(27)24-15-6-2-1-5-14(15)18(28)23-9-13-4-3-7-29-13/h1-7,12H,8-11H2,(H,23,28)(H,24,27). The van der Waals surface area contributed by atoms with Gasteiger partial charge in [-0.3, -0.25) is 14.4 Å². The number of rotatable bonds is 6. The van der Waals surface area contributed by atoms with E-state index in [1.165, 1.54) is 18.4 Å². The van der Waals surface area contributed by atoms with Crippen molar-refractivity contribution in [2.24, 2.45) is 5.92 Å². The molecule has 0 radical (unpaired) electrons. The molecule has 29 heavy (non-hydrogen) atoms. The summed E-state index contributed by atoms with van der Waals surface area (Å²) in [7, 11) is 0. The van der Waals surface area contributed by atoms with Crippen molar-refractivity contribution in [3.8, 4) is 0 Å². The van der Waals surface area contributed by atoms with Crippen LogP contribution in [0.2, 0.25) is 0 Å². The number of hydrogen-bond donors (Lipinski definition) is 2. The largest absolute Gasteiger partial charge is 0.467 e. The zero-order valence-electron chi connectivity index (χ0n) is 15.2. The molecule has 0 bridgehead atoms. The molecular formula is C19H18F3N3O4. The number of para-hydroxylation sites is 1. The predicted octanol–water partition coefficient (Wildman–Crippen LogP) is 2.56. The Balaban J connectivity index is 1.63. The highest BCUT2D eigenvalue weighted by Crippen LogP contribution is 2.25. The third kappa shape index (κ3) is 5.37. The molecule has 0 spiro atoms. The third-order valence-electron chi connectivity index (χ3n) is 4.39. The highest BCUT2D eigenvalue weighted by molar-refractivity contribution is 6.05. The predicted molar refractivity (Wildman–Crippen MR) is 95.7 cm³/mol. The Morgan fingerprint density at radius 1 is 1.17 bits per heavy atom. The number of halogens is 3. The van der Waals surface area contributed by atoms with Crippen molar-refractivity contribution in [2.45, 2.75) is 19.1 Å². The number of likely N-dealkylation sites (tertiary alicyclic amines) is 1. The van der Waals surface area contributed by atoms with E-state index in [1.54, 1.807) is 24.3 Å². The zero-order chi connectivity index (χ0) is 21.0. The summed E-state index contributed by atoms with van der Waals surface area (Å²) in [5.41, 5.74) is 0.389. The highest BCUT2D eigenvalue weighted by Gasteiger charge is 2.40. The van der Waals surface area contributed by atoms with Crippen molar-refractivity contribution in [3.05, 3.63) is 54.0 Å². The number of nitrogens with zero attached hydrogens (tertiary/aromatic N) is 1. The van der Waals surface area contributed by atoms with Gasteiger partial charge in [-0.15, -0.1) is 0 Å². The van der Waals surface area contributed by atoms with E-state index in [4.69, 9.17) is 4.42 Å². The van der Waals surface area contributed by atoms with Crippen LogP contribution in [-0.2, 0) is 16.1 Å². The first-order valence-corrected chi connectivity index (χ1v) is 8.78. The molecule has 2 heterocycles. The van der Waals surface area contributed by atoms with Crippen molar-refractivity contribution in [2.75, 3.05) is 18.4 Å². The molecule has 3 rings (SSSR count). The lowest BCUT2D eigenvalue weighted by Gasteiger charge is -2.18. The van der Waals surface area contributed by atoms with Gasteiger partial charge in [0.15, 0.2) is 0 Å². The van der Waals surface area contributed by atoms with Crippen molar-refractivity contribution >= 4 is 23.4 Å². The van der Waals surface area contributed by atoms with Crippen LogP contribution in [0, 0.1) is 5.92 Å². The fraction of sp³-hybridized carbons (Fsp3) is 0.316. The van der Waals surface area contributed by atoms with Crippen LogP contribution in [0.15, 0.2) is 47.1 Å². The fourth-order valence-corrected chi connectivity index (χ4v) is 3.02. The third-order valence-corrected chi connectivity index (χ3v) is 4.39. The van der Waals surface area contributed by atoms with Gasteiger partial charge in [0.1, 0.15) is 12.3 Å². The van der Waals surface area contributed by atoms with E-state index in [9.17, 15) is 27.6 Å².